The molecule has 0 saturated carbocycles. The fraction of sp³-hybridized carbons (Fsp3) is 0.400. The fourth-order valence-electron chi connectivity index (χ4n) is 1.08. The van der Waals surface area contributed by atoms with Crippen molar-refractivity contribution in [2.24, 2.45) is 0 Å². The number of anilines is 1. The first-order chi connectivity index (χ1) is 7.56. The van der Waals surface area contributed by atoms with Gasteiger partial charge in [-0.25, -0.2) is 0 Å². The van der Waals surface area contributed by atoms with Crippen LogP contribution in [0.3, 0.4) is 0 Å². The largest absolute Gasteiger partial charge is 0.335 e. The van der Waals surface area contributed by atoms with Crippen LogP contribution >= 0.6 is 22.9 Å². The molecular weight excluding hydrogens is 248 g/mol. The van der Waals surface area contributed by atoms with E-state index < -0.39 is 0 Å². The van der Waals surface area contributed by atoms with Crippen LogP contribution in [0, 0.1) is 0 Å². The van der Waals surface area contributed by atoms with Gasteiger partial charge in [0, 0.05) is 14.1 Å². The van der Waals surface area contributed by atoms with E-state index in [9.17, 15) is 9.59 Å². The number of alkyl halides is 1. The number of hydrogen-bond donors (Lipinski definition) is 0. The van der Waals surface area contributed by atoms with Crippen molar-refractivity contribution < 1.29 is 9.59 Å². The Morgan fingerprint density at radius 1 is 1.38 bits per heavy atom. The predicted molar refractivity (Wildman–Crippen MR) is 66.1 cm³/mol. The van der Waals surface area contributed by atoms with Gasteiger partial charge >= 0.3 is 0 Å². The molecule has 0 aliphatic carbocycles. The summed E-state index contributed by atoms with van der Waals surface area (Å²) in [7, 11) is 3.25. The number of likely N-dealkylation sites (N-methyl/N-ethyl adjacent to an activating group) is 2. The molecule has 0 bridgehead atoms. The smallest absolute Gasteiger partial charge is 0.246 e. The number of amides is 2. The Bertz CT molecular complexity index is 367. The third-order valence-corrected chi connectivity index (χ3v) is 3.30. The number of thiophene rings is 1. The zero-order valence-corrected chi connectivity index (χ0v) is 10.7. The second-order valence-electron chi connectivity index (χ2n) is 3.29. The Labute approximate surface area is 103 Å². The fourth-order valence-corrected chi connectivity index (χ4v) is 2.00. The van der Waals surface area contributed by atoms with E-state index in [2.05, 4.69) is 0 Å². The molecule has 1 aromatic rings. The zero-order valence-electron chi connectivity index (χ0n) is 9.14. The molecule has 1 heterocycles. The van der Waals surface area contributed by atoms with E-state index in [-0.39, 0.29) is 24.2 Å². The van der Waals surface area contributed by atoms with Gasteiger partial charge in [0.1, 0.15) is 5.88 Å². The van der Waals surface area contributed by atoms with Crippen LogP contribution in [0.2, 0.25) is 0 Å². The van der Waals surface area contributed by atoms with Crippen molar-refractivity contribution in [1.29, 1.82) is 0 Å². The van der Waals surface area contributed by atoms with Crippen molar-refractivity contribution in [1.82, 2.24) is 4.90 Å². The first-order valence-electron chi connectivity index (χ1n) is 4.66. The molecule has 1 rings (SSSR count). The van der Waals surface area contributed by atoms with Crippen LogP contribution in [0.15, 0.2) is 17.5 Å². The van der Waals surface area contributed by atoms with Crippen LogP contribution in [0.25, 0.3) is 0 Å². The molecule has 0 N–H and O–H groups in total. The highest BCUT2D eigenvalue weighted by molar-refractivity contribution is 7.14. The summed E-state index contributed by atoms with van der Waals surface area (Å²) < 4.78 is 0. The van der Waals surface area contributed by atoms with Crippen molar-refractivity contribution in [3.05, 3.63) is 17.5 Å². The van der Waals surface area contributed by atoms with Crippen LogP contribution < -0.4 is 4.90 Å². The number of rotatable bonds is 4. The SMILES string of the molecule is CN(CC(=O)N(C)c1cccs1)C(=O)CCl. The highest BCUT2D eigenvalue weighted by Crippen LogP contribution is 2.19. The summed E-state index contributed by atoms with van der Waals surface area (Å²) in [5, 5.41) is 2.75. The third-order valence-electron chi connectivity index (χ3n) is 2.12. The standard InChI is InChI=1S/C10H13ClN2O2S/c1-12(8(14)6-11)7-9(15)13(2)10-4-3-5-16-10/h3-5H,6-7H2,1-2H3. The first kappa shape index (κ1) is 13.0. The highest BCUT2D eigenvalue weighted by Gasteiger charge is 2.16. The van der Waals surface area contributed by atoms with Crippen LogP contribution in [-0.2, 0) is 9.59 Å². The third kappa shape index (κ3) is 3.21. The van der Waals surface area contributed by atoms with Crippen LogP contribution in [0.5, 0.6) is 0 Å². The molecule has 0 fully saturated rings. The second-order valence-corrected chi connectivity index (χ2v) is 4.48. The van der Waals surface area contributed by atoms with Gasteiger partial charge in [0.2, 0.25) is 11.8 Å². The van der Waals surface area contributed by atoms with Crippen LogP contribution in [0.1, 0.15) is 0 Å². The molecule has 0 spiro atoms. The van der Waals surface area contributed by atoms with Gasteiger partial charge in [-0.15, -0.1) is 22.9 Å². The van der Waals surface area contributed by atoms with E-state index in [4.69, 9.17) is 11.6 Å². The molecule has 6 heteroatoms. The normalized spacial score (nSPS) is 9.94. The van der Waals surface area contributed by atoms with Gasteiger partial charge in [-0.2, -0.15) is 0 Å². The van der Waals surface area contributed by atoms with Crippen molar-refractivity contribution in [3.63, 3.8) is 0 Å². The number of carbonyl (C=O) groups excluding carboxylic acids is 2. The quantitative estimate of drug-likeness (QED) is 0.768. The lowest BCUT2D eigenvalue weighted by atomic mass is 10.4. The minimum absolute atomic E-state index is 0.0416. The van der Waals surface area contributed by atoms with Gasteiger partial charge in [0.15, 0.2) is 0 Å². The van der Waals surface area contributed by atoms with E-state index in [1.807, 2.05) is 17.5 Å². The zero-order chi connectivity index (χ0) is 12.1. The molecule has 0 aliphatic heterocycles. The topological polar surface area (TPSA) is 40.6 Å². The van der Waals surface area contributed by atoms with E-state index in [0.717, 1.165) is 5.00 Å². The molecule has 0 radical (unpaired) electrons. The highest BCUT2D eigenvalue weighted by atomic mass is 35.5. The number of halogens is 1. The van der Waals surface area contributed by atoms with Crippen LogP contribution in [0.4, 0.5) is 5.00 Å². The molecule has 2 amide bonds. The molecule has 1 aromatic heterocycles. The Balaban J connectivity index is 2.56. The Kier molecular flexibility index (Phi) is 4.76. The van der Waals surface area contributed by atoms with Crippen molar-refractivity contribution >= 4 is 39.8 Å². The number of hydrogen-bond acceptors (Lipinski definition) is 3. The van der Waals surface area contributed by atoms with Crippen LogP contribution in [-0.4, -0.2) is 43.2 Å². The lowest BCUT2D eigenvalue weighted by Gasteiger charge is -2.20. The van der Waals surface area contributed by atoms with Gasteiger partial charge in [0.05, 0.1) is 11.5 Å². The molecule has 88 valence electrons. The second kappa shape index (κ2) is 5.86. The first-order valence-corrected chi connectivity index (χ1v) is 6.07. The van der Waals surface area contributed by atoms with Gasteiger partial charge in [0.25, 0.3) is 0 Å². The Hall–Kier alpha value is -1.07. The van der Waals surface area contributed by atoms with Crippen molar-refractivity contribution in [2.75, 3.05) is 31.4 Å². The minimum atomic E-state index is -0.255. The van der Waals surface area contributed by atoms with E-state index >= 15 is 0 Å². The summed E-state index contributed by atoms with van der Waals surface area (Å²) in [6.07, 6.45) is 0. The van der Waals surface area contributed by atoms with Crippen molar-refractivity contribution in [2.45, 2.75) is 0 Å². The minimum Gasteiger partial charge on any atom is -0.335 e. The number of nitrogens with zero attached hydrogens (tertiary/aromatic N) is 2. The molecule has 0 aliphatic rings. The predicted octanol–water partition coefficient (Wildman–Crippen LogP) is 1.41. The average Bonchev–Trinajstić information content (AvgIpc) is 2.79. The monoisotopic (exact) mass is 260 g/mol. The molecular formula is C10H13ClN2O2S. The Morgan fingerprint density at radius 2 is 2.06 bits per heavy atom. The lowest BCUT2D eigenvalue weighted by Crippen LogP contribution is -2.39. The average molecular weight is 261 g/mol. The van der Waals surface area contributed by atoms with Gasteiger partial charge < -0.3 is 9.80 Å². The number of carbonyl (C=O) groups is 2. The summed E-state index contributed by atoms with van der Waals surface area (Å²) in [6, 6.07) is 3.73. The summed E-state index contributed by atoms with van der Waals surface area (Å²) in [4.78, 5) is 25.8. The van der Waals surface area contributed by atoms with E-state index in [1.54, 1.807) is 14.1 Å². The molecule has 0 unspecified atom stereocenters. The van der Waals surface area contributed by atoms with E-state index in [1.165, 1.54) is 21.1 Å². The maximum Gasteiger partial charge on any atom is 0.246 e. The van der Waals surface area contributed by atoms with Crippen molar-refractivity contribution in [3.8, 4) is 0 Å². The summed E-state index contributed by atoms with van der Waals surface area (Å²) in [6.45, 7) is 0.0416. The maximum atomic E-state index is 11.8. The van der Waals surface area contributed by atoms with Gasteiger partial charge in [-0.1, -0.05) is 0 Å². The van der Waals surface area contributed by atoms with E-state index in [0.29, 0.717) is 0 Å². The molecule has 4 nitrogen and oxygen atoms in total. The summed E-state index contributed by atoms with van der Waals surface area (Å²) in [5.41, 5.74) is 0. The molecule has 0 atom stereocenters. The van der Waals surface area contributed by atoms with Gasteiger partial charge in [-0.3, -0.25) is 9.59 Å². The maximum absolute atomic E-state index is 11.8. The lowest BCUT2D eigenvalue weighted by molar-refractivity contribution is -0.131. The summed E-state index contributed by atoms with van der Waals surface area (Å²) in [5.74, 6) is -0.495. The Morgan fingerprint density at radius 3 is 2.56 bits per heavy atom. The molecule has 0 aromatic carbocycles. The molecule has 16 heavy (non-hydrogen) atoms. The summed E-state index contributed by atoms with van der Waals surface area (Å²) >= 11 is 6.87. The molecule has 0 saturated heterocycles. The van der Waals surface area contributed by atoms with Gasteiger partial charge in [-0.05, 0) is 17.5 Å².